The van der Waals surface area contributed by atoms with Gasteiger partial charge < -0.3 is 4.55 Å². The van der Waals surface area contributed by atoms with Crippen LogP contribution in [-0.4, -0.2) is 18.8 Å². The van der Waals surface area contributed by atoms with Gasteiger partial charge in [0.2, 0.25) is 0 Å². The van der Waals surface area contributed by atoms with Gasteiger partial charge in [-0.25, -0.2) is 8.42 Å². The molecule has 0 radical (unpaired) electrons. The molecule has 0 aliphatic rings. The number of carbonyl (C=O) groups is 1. The lowest BCUT2D eigenvalue weighted by molar-refractivity contribution is 0.103. The first kappa shape index (κ1) is 32.7. The van der Waals surface area contributed by atoms with Gasteiger partial charge in [0.15, 0.2) is 20.5 Å². The molecule has 0 amide bonds. The molecule has 0 bridgehead atoms. The second kappa shape index (κ2) is 15.6. The Hall–Kier alpha value is -4.66. The highest BCUT2D eigenvalue weighted by molar-refractivity contribution is 7.99. The summed E-state index contributed by atoms with van der Waals surface area (Å²) in [5.74, 6) is 0.0436. The smallest absolute Gasteiger partial charge is 0.193 e. The minimum absolute atomic E-state index is 0.0436. The first-order chi connectivity index (χ1) is 22.3. The summed E-state index contributed by atoms with van der Waals surface area (Å²) in [7, 11) is -4.53. The van der Waals surface area contributed by atoms with Crippen LogP contribution in [-0.2, 0) is 21.0 Å². The highest BCUT2D eigenvalue weighted by atomic mass is 32.2. The lowest BCUT2D eigenvalue weighted by atomic mass is 10.0. The molecule has 0 atom stereocenters. The molecule has 6 rings (SSSR count). The molecule has 6 aromatic rings. The van der Waals surface area contributed by atoms with Gasteiger partial charge in [0.1, 0.15) is 10.1 Å². The Morgan fingerprint density at radius 3 is 1.43 bits per heavy atom. The lowest BCUT2D eigenvalue weighted by Gasteiger charge is -2.09. The van der Waals surface area contributed by atoms with Crippen LogP contribution < -0.4 is 0 Å². The maximum atomic E-state index is 13.1. The van der Waals surface area contributed by atoms with E-state index in [0.717, 1.165) is 10.5 Å². The standard InChI is InChI=1S/C31H23OS2.C8H8O3S/c32-31(24-16-20-27(21-17-24)33-26-10-4-1-5-11-26)25-18-22-30(23-19-25)34(28-12-6-2-7-13-28)29-14-8-3-9-15-29;1-2-7-3-5-8(6-4-7)12(9,10)11/h1-23H;2-6H,1H2,(H,9,10,11)/q+1;/p-1. The molecule has 6 aromatic carbocycles. The first-order valence-electron chi connectivity index (χ1n) is 14.3. The maximum Gasteiger partial charge on any atom is 0.193 e. The predicted octanol–water partition coefficient (Wildman–Crippen LogP) is 9.40. The van der Waals surface area contributed by atoms with Crippen molar-refractivity contribution in [3.63, 3.8) is 0 Å². The van der Waals surface area contributed by atoms with Gasteiger partial charge in [-0.15, -0.1) is 0 Å². The van der Waals surface area contributed by atoms with E-state index in [1.165, 1.54) is 43.8 Å². The monoisotopic (exact) mass is 658 g/mol. The van der Waals surface area contributed by atoms with E-state index in [0.29, 0.717) is 11.1 Å². The van der Waals surface area contributed by atoms with E-state index in [1.807, 2.05) is 66.7 Å². The fourth-order valence-electron chi connectivity index (χ4n) is 4.50. The molecule has 0 unspecified atom stereocenters. The van der Waals surface area contributed by atoms with Gasteiger partial charge in [0.25, 0.3) is 0 Å². The van der Waals surface area contributed by atoms with Crippen LogP contribution in [0.4, 0.5) is 0 Å². The quantitative estimate of drug-likeness (QED) is 0.0879. The van der Waals surface area contributed by atoms with Crippen LogP contribution in [0.5, 0.6) is 0 Å². The summed E-state index contributed by atoms with van der Waals surface area (Å²) in [5, 5.41) is 0. The minimum Gasteiger partial charge on any atom is -0.744 e. The highest BCUT2D eigenvalue weighted by Crippen LogP contribution is 2.32. The van der Waals surface area contributed by atoms with Crippen molar-refractivity contribution in [2.75, 3.05) is 0 Å². The van der Waals surface area contributed by atoms with Gasteiger partial charge in [-0.2, -0.15) is 0 Å². The van der Waals surface area contributed by atoms with Gasteiger partial charge in [0.05, 0.1) is 15.8 Å². The normalized spacial score (nSPS) is 10.9. The third-order valence-corrected chi connectivity index (χ3v) is 10.9. The lowest BCUT2D eigenvalue weighted by Crippen LogP contribution is -2.06. The minimum atomic E-state index is -4.31. The Morgan fingerprint density at radius 2 is 0.978 bits per heavy atom. The highest BCUT2D eigenvalue weighted by Gasteiger charge is 2.28. The van der Waals surface area contributed by atoms with Gasteiger partial charge in [-0.3, -0.25) is 4.79 Å². The van der Waals surface area contributed by atoms with E-state index in [-0.39, 0.29) is 21.6 Å². The SMILES string of the molecule is C=Cc1ccc(S(=O)(=O)[O-])cc1.O=C(c1ccc(Sc2ccccc2)cc1)c1ccc([S+](c2ccccc2)c2ccccc2)cc1. The topological polar surface area (TPSA) is 74.3 Å². The molecule has 0 heterocycles. The third-order valence-electron chi connectivity index (χ3n) is 6.81. The summed E-state index contributed by atoms with van der Waals surface area (Å²) in [6.45, 7) is 3.50. The van der Waals surface area contributed by atoms with E-state index in [4.69, 9.17) is 0 Å². The average Bonchev–Trinajstić information content (AvgIpc) is 3.10. The maximum absolute atomic E-state index is 13.1. The van der Waals surface area contributed by atoms with Crippen molar-refractivity contribution in [3.05, 3.63) is 187 Å². The van der Waals surface area contributed by atoms with Crippen molar-refractivity contribution >= 4 is 44.6 Å². The zero-order chi connectivity index (χ0) is 32.4. The second-order valence-electron chi connectivity index (χ2n) is 9.95. The molecule has 0 spiro atoms. The van der Waals surface area contributed by atoms with Crippen LogP contribution in [0.25, 0.3) is 6.08 Å². The first-order valence-corrected chi connectivity index (χ1v) is 17.8. The van der Waals surface area contributed by atoms with E-state index < -0.39 is 10.1 Å². The van der Waals surface area contributed by atoms with Crippen molar-refractivity contribution in [2.24, 2.45) is 0 Å². The number of benzene rings is 6. The van der Waals surface area contributed by atoms with Crippen LogP contribution in [0.2, 0.25) is 0 Å². The Morgan fingerprint density at radius 1 is 0.565 bits per heavy atom. The fourth-order valence-corrected chi connectivity index (χ4v) is 7.89. The molecule has 0 saturated carbocycles. The molecule has 0 N–H and O–H groups in total. The Balaban J connectivity index is 0.000000293. The third kappa shape index (κ3) is 8.74. The number of hydrogen-bond acceptors (Lipinski definition) is 5. The van der Waals surface area contributed by atoms with Gasteiger partial charge >= 0.3 is 0 Å². The van der Waals surface area contributed by atoms with Gasteiger partial charge in [-0.1, -0.05) is 91.1 Å². The number of rotatable bonds is 9. The van der Waals surface area contributed by atoms with Crippen molar-refractivity contribution in [1.82, 2.24) is 0 Å². The van der Waals surface area contributed by atoms with Crippen LogP contribution >= 0.6 is 11.8 Å². The van der Waals surface area contributed by atoms with Crippen molar-refractivity contribution in [1.29, 1.82) is 0 Å². The van der Waals surface area contributed by atoms with E-state index in [1.54, 1.807) is 17.8 Å². The van der Waals surface area contributed by atoms with E-state index >= 15 is 0 Å². The largest absolute Gasteiger partial charge is 0.744 e. The average molecular weight is 659 g/mol. The number of ketones is 1. The fraction of sp³-hybridized carbons (Fsp3) is 0. The van der Waals surface area contributed by atoms with E-state index in [2.05, 4.69) is 79.4 Å². The van der Waals surface area contributed by atoms with Crippen LogP contribution in [0.1, 0.15) is 21.5 Å². The molecule has 46 heavy (non-hydrogen) atoms. The molecule has 0 aliphatic heterocycles. The molecular formula is C39H30O4S3. The summed E-state index contributed by atoms with van der Waals surface area (Å²) in [6, 6.07) is 52.9. The summed E-state index contributed by atoms with van der Waals surface area (Å²) < 4.78 is 31.4. The Bertz CT molecular complexity index is 1940. The van der Waals surface area contributed by atoms with E-state index in [9.17, 15) is 17.8 Å². The number of carbonyl (C=O) groups excluding carboxylic acids is 1. The van der Waals surface area contributed by atoms with Crippen molar-refractivity contribution in [2.45, 2.75) is 29.4 Å². The van der Waals surface area contributed by atoms with Gasteiger partial charge in [0, 0.05) is 20.9 Å². The molecule has 0 fully saturated rings. The molecule has 0 aromatic heterocycles. The van der Waals surface area contributed by atoms with Crippen LogP contribution in [0, 0.1) is 0 Å². The van der Waals surface area contributed by atoms with Crippen molar-refractivity contribution < 1.29 is 17.8 Å². The van der Waals surface area contributed by atoms with Crippen LogP contribution in [0.3, 0.4) is 0 Å². The van der Waals surface area contributed by atoms with Crippen molar-refractivity contribution in [3.8, 4) is 0 Å². The molecule has 228 valence electrons. The zero-order valence-corrected chi connectivity index (χ0v) is 27.2. The second-order valence-corrected chi connectivity index (χ2v) is 14.5. The predicted molar refractivity (Wildman–Crippen MR) is 186 cm³/mol. The van der Waals surface area contributed by atoms with Crippen LogP contribution in [0.15, 0.2) is 200 Å². The molecular weight excluding hydrogens is 629 g/mol. The molecule has 0 saturated heterocycles. The summed E-state index contributed by atoms with van der Waals surface area (Å²) >= 11 is 1.69. The molecule has 7 heteroatoms. The zero-order valence-electron chi connectivity index (χ0n) is 24.7. The summed E-state index contributed by atoms with van der Waals surface area (Å²) in [5.41, 5.74) is 2.19. The molecule has 4 nitrogen and oxygen atoms in total. The Kier molecular flexibility index (Phi) is 11.1. The number of hydrogen-bond donors (Lipinski definition) is 0. The molecule has 0 aliphatic carbocycles. The Labute approximate surface area is 277 Å². The van der Waals surface area contributed by atoms with Gasteiger partial charge in [-0.05, 0) is 103 Å². The summed E-state index contributed by atoms with van der Waals surface area (Å²) in [6.07, 6.45) is 1.57. The summed E-state index contributed by atoms with van der Waals surface area (Å²) in [4.78, 5) is 18.9.